The Kier molecular flexibility index (Phi) is 2.65. The van der Waals surface area contributed by atoms with Gasteiger partial charge in [0.15, 0.2) is 0 Å². The van der Waals surface area contributed by atoms with Crippen molar-refractivity contribution >= 4 is 11.9 Å². The third-order valence-corrected chi connectivity index (χ3v) is 3.21. The number of rotatable bonds is 4. The topological polar surface area (TPSA) is 92.4 Å². The number of nitrogens with one attached hydrogen (secondary N) is 1. The molecule has 1 saturated carbocycles. The maximum Gasteiger partial charge on any atom is 0.329 e. The number of carboxylic acid groups (broad SMARTS) is 1. The smallest absolute Gasteiger partial charge is 0.329 e. The van der Waals surface area contributed by atoms with Gasteiger partial charge < -0.3 is 14.9 Å². The number of hydrogen-bond donors (Lipinski definition) is 2. The Bertz CT molecular complexity index is 464. The summed E-state index contributed by atoms with van der Waals surface area (Å²) in [5.41, 5.74) is -0.932. The number of nitrogens with zero attached hydrogens (tertiary/aromatic N) is 1. The van der Waals surface area contributed by atoms with E-state index in [2.05, 4.69) is 10.5 Å². The largest absolute Gasteiger partial charge is 0.480 e. The molecule has 1 aliphatic rings. The summed E-state index contributed by atoms with van der Waals surface area (Å²) in [7, 11) is 0. The Morgan fingerprint density at radius 2 is 2.24 bits per heavy atom. The minimum atomic E-state index is -1.21. The second-order valence-electron chi connectivity index (χ2n) is 4.53. The summed E-state index contributed by atoms with van der Waals surface area (Å²) in [4.78, 5) is 23.1. The summed E-state index contributed by atoms with van der Waals surface area (Å²) in [6, 6.07) is 0. The van der Waals surface area contributed by atoms with Crippen LogP contribution in [0.5, 0.6) is 0 Å². The van der Waals surface area contributed by atoms with E-state index >= 15 is 0 Å². The van der Waals surface area contributed by atoms with Crippen molar-refractivity contribution < 1.29 is 19.2 Å². The molecule has 0 aromatic carbocycles. The highest BCUT2D eigenvalue weighted by Crippen LogP contribution is 2.39. The van der Waals surface area contributed by atoms with E-state index in [0.717, 1.165) is 12.8 Å². The second-order valence-corrected chi connectivity index (χ2v) is 4.53. The fourth-order valence-corrected chi connectivity index (χ4v) is 1.81. The zero-order valence-electron chi connectivity index (χ0n) is 9.69. The lowest BCUT2D eigenvalue weighted by Crippen LogP contribution is -2.54. The molecule has 2 rings (SSSR count). The van der Waals surface area contributed by atoms with Gasteiger partial charge in [-0.2, -0.15) is 0 Å². The van der Waals surface area contributed by atoms with E-state index < -0.39 is 17.4 Å². The van der Waals surface area contributed by atoms with Crippen LogP contribution in [0.25, 0.3) is 0 Å². The van der Waals surface area contributed by atoms with Crippen LogP contribution in [-0.2, 0) is 4.79 Å². The third kappa shape index (κ3) is 2.02. The highest BCUT2D eigenvalue weighted by Gasteiger charge is 2.48. The van der Waals surface area contributed by atoms with Crippen LogP contribution in [0.3, 0.4) is 0 Å². The second kappa shape index (κ2) is 3.87. The van der Waals surface area contributed by atoms with E-state index in [4.69, 9.17) is 4.52 Å². The number of carboxylic acids is 1. The van der Waals surface area contributed by atoms with Crippen LogP contribution in [0.15, 0.2) is 10.7 Å². The Morgan fingerprint density at radius 1 is 1.59 bits per heavy atom. The summed E-state index contributed by atoms with van der Waals surface area (Å²) in [6.45, 7) is 3.14. The molecule has 17 heavy (non-hydrogen) atoms. The summed E-state index contributed by atoms with van der Waals surface area (Å²) in [5.74, 6) is -1.09. The molecule has 0 radical (unpaired) electrons. The number of aryl methyl sites for hydroxylation is 1. The summed E-state index contributed by atoms with van der Waals surface area (Å²) >= 11 is 0. The predicted molar refractivity (Wildman–Crippen MR) is 57.5 cm³/mol. The Labute approximate surface area is 98.0 Å². The van der Waals surface area contributed by atoms with Crippen LogP contribution in [0.2, 0.25) is 0 Å². The fraction of sp³-hybridized carbons (Fsp3) is 0.545. The molecule has 0 aliphatic heterocycles. The van der Waals surface area contributed by atoms with Gasteiger partial charge in [0.1, 0.15) is 16.9 Å². The maximum absolute atomic E-state index is 11.9. The first kappa shape index (κ1) is 11.6. The first-order chi connectivity index (χ1) is 7.95. The van der Waals surface area contributed by atoms with E-state index in [1.807, 2.05) is 0 Å². The van der Waals surface area contributed by atoms with E-state index in [-0.39, 0.29) is 11.5 Å². The van der Waals surface area contributed by atoms with Crippen molar-refractivity contribution in [1.29, 1.82) is 0 Å². The zero-order valence-corrected chi connectivity index (χ0v) is 9.69. The molecule has 1 unspecified atom stereocenters. The predicted octanol–water partition coefficient (Wildman–Crippen LogP) is 0.966. The molecule has 2 N–H and O–H groups in total. The SMILES string of the molecule is Cc1oncc1C(=O)NC(C)(C(=O)O)C1CC1. The molecule has 1 aromatic rings. The maximum atomic E-state index is 11.9. The number of hydrogen-bond acceptors (Lipinski definition) is 4. The minimum absolute atomic E-state index is 0.00381. The monoisotopic (exact) mass is 238 g/mol. The highest BCUT2D eigenvalue weighted by atomic mass is 16.5. The van der Waals surface area contributed by atoms with E-state index in [0.29, 0.717) is 5.76 Å². The summed E-state index contributed by atoms with van der Waals surface area (Å²) in [6.07, 6.45) is 2.94. The van der Waals surface area contributed by atoms with Crippen molar-refractivity contribution in [3.8, 4) is 0 Å². The molecule has 1 amide bonds. The lowest BCUT2D eigenvalue weighted by atomic mass is 9.95. The van der Waals surface area contributed by atoms with Gasteiger partial charge in [0.25, 0.3) is 5.91 Å². The number of carbonyl (C=O) groups excluding carboxylic acids is 1. The van der Waals surface area contributed by atoms with Crippen LogP contribution in [-0.4, -0.2) is 27.7 Å². The average Bonchev–Trinajstić information content (AvgIpc) is 3.01. The van der Waals surface area contributed by atoms with Crippen molar-refractivity contribution in [3.05, 3.63) is 17.5 Å². The number of amides is 1. The lowest BCUT2D eigenvalue weighted by Gasteiger charge is -2.25. The summed E-state index contributed by atoms with van der Waals surface area (Å²) < 4.78 is 4.78. The first-order valence-electron chi connectivity index (χ1n) is 5.42. The molecule has 0 saturated heterocycles. The zero-order chi connectivity index (χ0) is 12.6. The number of aliphatic carboxylic acids is 1. The molecule has 1 fully saturated rings. The van der Waals surface area contributed by atoms with Crippen molar-refractivity contribution in [2.24, 2.45) is 5.92 Å². The van der Waals surface area contributed by atoms with Crippen molar-refractivity contribution in [2.45, 2.75) is 32.2 Å². The third-order valence-electron chi connectivity index (χ3n) is 3.21. The van der Waals surface area contributed by atoms with E-state index in [1.165, 1.54) is 13.1 Å². The Balaban J connectivity index is 2.17. The molecule has 1 heterocycles. The number of carbonyl (C=O) groups is 2. The van der Waals surface area contributed by atoms with Gasteiger partial charge in [0.05, 0.1) is 6.20 Å². The van der Waals surface area contributed by atoms with Crippen molar-refractivity contribution in [1.82, 2.24) is 10.5 Å². The molecule has 1 atom stereocenters. The normalized spacial score (nSPS) is 18.5. The molecule has 0 spiro atoms. The molecular weight excluding hydrogens is 224 g/mol. The van der Waals surface area contributed by atoms with Gasteiger partial charge in [0, 0.05) is 0 Å². The molecule has 92 valence electrons. The number of aromatic nitrogens is 1. The lowest BCUT2D eigenvalue weighted by molar-refractivity contribution is -0.144. The highest BCUT2D eigenvalue weighted by molar-refractivity contribution is 5.98. The van der Waals surface area contributed by atoms with Gasteiger partial charge in [-0.05, 0) is 32.6 Å². The van der Waals surface area contributed by atoms with Crippen molar-refractivity contribution in [3.63, 3.8) is 0 Å². The fourth-order valence-electron chi connectivity index (χ4n) is 1.81. The van der Waals surface area contributed by atoms with E-state index in [1.54, 1.807) is 6.92 Å². The van der Waals surface area contributed by atoms with Gasteiger partial charge in [-0.15, -0.1) is 0 Å². The average molecular weight is 238 g/mol. The molecule has 6 nitrogen and oxygen atoms in total. The standard InChI is InChI=1S/C11H14N2O4/c1-6-8(5-12-17-6)9(14)13-11(2,10(15)16)7-3-4-7/h5,7H,3-4H2,1-2H3,(H,13,14)(H,15,16). The van der Waals surface area contributed by atoms with Gasteiger partial charge in [0.2, 0.25) is 0 Å². The first-order valence-corrected chi connectivity index (χ1v) is 5.42. The molecular formula is C11H14N2O4. The van der Waals surface area contributed by atoms with Crippen LogP contribution in [0.1, 0.15) is 35.9 Å². The quantitative estimate of drug-likeness (QED) is 0.815. The van der Waals surface area contributed by atoms with Gasteiger partial charge in [-0.1, -0.05) is 5.16 Å². The van der Waals surface area contributed by atoms with Gasteiger partial charge in [-0.3, -0.25) is 4.79 Å². The van der Waals surface area contributed by atoms with Crippen LogP contribution < -0.4 is 5.32 Å². The molecule has 6 heteroatoms. The van der Waals surface area contributed by atoms with Crippen LogP contribution >= 0.6 is 0 Å². The molecule has 0 bridgehead atoms. The van der Waals surface area contributed by atoms with Crippen molar-refractivity contribution in [2.75, 3.05) is 0 Å². The minimum Gasteiger partial charge on any atom is -0.480 e. The Hall–Kier alpha value is -1.85. The van der Waals surface area contributed by atoms with Crippen LogP contribution in [0.4, 0.5) is 0 Å². The van der Waals surface area contributed by atoms with Gasteiger partial charge in [-0.25, -0.2) is 4.79 Å². The van der Waals surface area contributed by atoms with Gasteiger partial charge >= 0.3 is 5.97 Å². The molecule has 1 aromatic heterocycles. The Morgan fingerprint density at radius 3 is 2.65 bits per heavy atom. The molecule has 1 aliphatic carbocycles. The van der Waals surface area contributed by atoms with Crippen LogP contribution in [0, 0.1) is 12.8 Å². The van der Waals surface area contributed by atoms with E-state index in [9.17, 15) is 14.7 Å². The summed E-state index contributed by atoms with van der Waals surface area (Å²) in [5, 5.41) is 15.3.